The lowest BCUT2D eigenvalue weighted by atomic mass is 9.99. The topological polar surface area (TPSA) is 50.4 Å². The van der Waals surface area contributed by atoms with Gasteiger partial charge in [0.15, 0.2) is 0 Å². The lowest BCUT2D eigenvalue weighted by Crippen LogP contribution is -2.11. The van der Waals surface area contributed by atoms with Crippen LogP contribution in [-0.2, 0) is 12.8 Å². The standard InChI is InChI=1S/C17H11F3O3/c18-17(19,20)14-4-2-1-3-12(14)13-8-11-6-5-10(9-21)7-15(11)23-16(13)22/h1-8,21H,9H2. The average Bonchev–Trinajstić information content (AvgIpc) is 2.53. The number of benzene rings is 2. The molecule has 3 nitrogen and oxygen atoms in total. The van der Waals surface area contributed by atoms with Crippen LogP contribution in [0.2, 0.25) is 0 Å². The number of aliphatic hydroxyl groups is 1. The molecule has 0 atom stereocenters. The van der Waals surface area contributed by atoms with E-state index in [0.717, 1.165) is 6.07 Å². The molecule has 0 radical (unpaired) electrons. The second-order valence-corrected chi connectivity index (χ2v) is 5.02. The van der Waals surface area contributed by atoms with Crippen molar-refractivity contribution in [3.8, 4) is 11.1 Å². The van der Waals surface area contributed by atoms with Crippen molar-refractivity contribution in [1.82, 2.24) is 0 Å². The molecule has 1 heterocycles. The van der Waals surface area contributed by atoms with E-state index in [2.05, 4.69) is 0 Å². The van der Waals surface area contributed by atoms with Gasteiger partial charge in [-0.2, -0.15) is 13.2 Å². The Morgan fingerprint density at radius 2 is 1.74 bits per heavy atom. The Morgan fingerprint density at radius 1 is 1.00 bits per heavy atom. The summed E-state index contributed by atoms with van der Waals surface area (Å²) >= 11 is 0. The van der Waals surface area contributed by atoms with Crippen molar-refractivity contribution in [2.24, 2.45) is 0 Å². The molecule has 0 unspecified atom stereocenters. The Labute approximate surface area is 128 Å². The van der Waals surface area contributed by atoms with E-state index in [0.29, 0.717) is 10.9 Å². The molecule has 0 bridgehead atoms. The van der Waals surface area contributed by atoms with Crippen LogP contribution in [-0.4, -0.2) is 5.11 Å². The number of hydrogen-bond donors (Lipinski definition) is 1. The number of rotatable bonds is 2. The summed E-state index contributed by atoms with van der Waals surface area (Å²) in [6, 6.07) is 10.9. The lowest BCUT2D eigenvalue weighted by Gasteiger charge is -2.12. The molecule has 0 fully saturated rings. The van der Waals surface area contributed by atoms with Crippen molar-refractivity contribution in [2.45, 2.75) is 12.8 Å². The Kier molecular flexibility index (Phi) is 3.69. The van der Waals surface area contributed by atoms with Gasteiger partial charge in [-0.15, -0.1) is 0 Å². The van der Waals surface area contributed by atoms with E-state index in [1.54, 1.807) is 12.1 Å². The SMILES string of the molecule is O=c1oc2cc(CO)ccc2cc1-c1ccccc1C(F)(F)F. The Hall–Kier alpha value is -2.60. The molecular weight excluding hydrogens is 309 g/mol. The monoisotopic (exact) mass is 320 g/mol. The number of halogens is 3. The summed E-state index contributed by atoms with van der Waals surface area (Å²) in [5.74, 6) is 0. The predicted molar refractivity (Wildman–Crippen MR) is 78.8 cm³/mol. The molecule has 3 rings (SSSR count). The van der Waals surface area contributed by atoms with Gasteiger partial charge in [-0.3, -0.25) is 0 Å². The Morgan fingerprint density at radius 3 is 2.43 bits per heavy atom. The molecule has 0 aliphatic heterocycles. The van der Waals surface area contributed by atoms with Crippen LogP contribution in [0.15, 0.2) is 57.7 Å². The van der Waals surface area contributed by atoms with Crippen LogP contribution in [0, 0.1) is 0 Å². The minimum absolute atomic E-state index is 0.151. The van der Waals surface area contributed by atoms with Crippen molar-refractivity contribution in [3.05, 3.63) is 70.1 Å². The number of alkyl halides is 3. The van der Waals surface area contributed by atoms with Crippen molar-refractivity contribution >= 4 is 11.0 Å². The molecular formula is C17H11F3O3. The van der Waals surface area contributed by atoms with Gasteiger partial charge >= 0.3 is 11.8 Å². The zero-order valence-electron chi connectivity index (χ0n) is 11.7. The number of fused-ring (bicyclic) bond motifs is 1. The van der Waals surface area contributed by atoms with E-state index in [4.69, 9.17) is 9.52 Å². The first kappa shape index (κ1) is 15.3. The molecule has 1 N–H and O–H groups in total. The highest BCUT2D eigenvalue weighted by molar-refractivity contribution is 5.83. The van der Waals surface area contributed by atoms with Crippen LogP contribution in [0.4, 0.5) is 13.2 Å². The lowest BCUT2D eigenvalue weighted by molar-refractivity contribution is -0.137. The van der Waals surface area contributed by atoms with Gasteiger partial charge in [-0.25, -0.2) is 4.79 Å². The fourth-order valence-corrected chi connectivity index (χ4v) is 2.41. The molecule has 0 aliphatic carbocycles. The van der Waals surface area contributed by atoms with Crippen LogP contribution in [0.1, 0.15) is 11.1 Å². The fourth-order valence-electron chi connectivity index (χ4n) is 2.41. The van der Waals surface area contributed by atoms with E-state index < -0.39 is 17.4 Å². The molecule has 0 saturated carbocycles. The van der Waals surface area contributed by atoms with Crippen molar-refractivity contribution in [2.75, 3.05) is 0 Å². The molecule has 0 saturated heterocycles. The van der Waals surface area contributed by atoms with Gasteiger partial charge in [0.2, 0.25) is 0 Å². The van der Waals surface area contributed by atoms with Gasteiger partial charge in [0, 0.05) is 10.9 Å². The summed E-state index contributed by atoms with van der Waals surface area (Å²) < 4.78 is 44.5. The molecule has 6 heteroatoms. The van der Waals surface area contributed by atoms with Gasteiger partial charge < -0.3 is 9.52 Å². The molecule has 0 aliphatic rings. The van der Waals surface area contributed by atoms with Gasteiger partial charge in [0.25, 0.3) is 0 Å². The summed E-state index contributed by atoms with van der Waals surface area (Å²) in [6.07, 6.45) is -4.57. The second-order valence-electron chi connectivity index (χ2n) is 5.02. The van der Waals surface area contributed by atoms with Crippen LogP contribution < -0.4 is 5.63 Å². The molecule has 0 spiro atoms. The molecule has 23 heavy (non-hydrogen) atoms. The van der Waals surface area contributed by atoms with E-state index in [9.17, 15) is 18.0 Å². The molecule has 3 aromatic rings. The van der Waals surface area contributed by atoms with E-state index in [-0.39, 0.29) is 23.3 Å². The third-order valence-electron chi connectivity index (χ3n) is 3.51. The first-order chi connectivity index (χ1) is 10.9. The minimum atomic E-state index is -4.57. The van der Waals surface area contributed by atoms with Crippen molar-refractivity contribution in [3.63, 3.8) is 0 Å². The average molecular weight is 320 g/mol. The Bertz CT molecular complexity index is 926. The zero-order chi connectivity index (χ0) is 16.6. The maximum absolute atomic E-state index is 13.1. The van der Waals surface area contributed by atoms with Gasteiger partial charge in [0.05, 0.1) is 17.7 Å². The summed E-state index contributed by atoms with van der Waals surface area (Å²) in [7, 11) is 0. The minimum Gasteiger partial charge on any atom is -0.422 e. The predicted octanol–water partition coefficient (Wildman–Crippen LogP) is 3.97. The third kappa shape index (κ3) is 2.85. The molecule has 2 aromatic carbocycles. The molecule has 0 amide bonds. The largest absolute Gasteiger partial charge is 0.422 e. The zero-order valence-corrected chi connectivity index (χ0v) is 11.7. The summed E-state index contributed by atoms with van der Waals surface area (Å²) in [4.78, 5) is 12.1. The van der Waals surface area contributed by atoms with E-state index in [1.165, 1.54) is 30.3 Å². The van der Waals surface area contributed by atoms with E-state index >= 15 is 0 Å². The first-order valence-electron chi connectivity index (χ1n) is 6.74. The smallest absolute Gasteiger partial charge is 0.417 e. The van der Waals surface area contributed by atoms with Gasteiger partial charge in [-0.05, 0) is 23.8 Å². The van der Waals surface area contributed by atoms with E-state index in [1.807, 2.05) is 0 Å². The summed E-state index contributed by atoms with van der Waals surface area (Å²) in [6.45, 7) is -0.224. The normalized spacial score (nSPS) is 11.8. The number of hydrogen-bond acceptors (Lipinski definition) is 3. The molecule has 118 valence electrons. The summed E-state index contributed by atoms with van der Waals surface area (Å²) in [5.41, 5.74) is -1.36. The number of aliphatic hydroxyl groups excluding tert-OH is 1. The van der Waals surface area contributed by atoms with Crippen LogP contribution in [0.5, 0.6) is 0 Å². The Balaban J connectivity index is 2.26. The highest BCUT2D eigenvalue weighted by Crippen LogP contribution is 2.36. The van der Waals surface area contributed by atoms with Gasteiger partial charge in [-0.1, -0.05) is 30.3 Å². The highest BCUT2D eigenvalue weighted by Gasteiger charge is 2.34. The van der Waals surface area contributed by atoms with Crippen molar-refractivity contribution in [1.29, 1.82) is 0 Å². The first-order valence-corrected chi connectivity index (χ1v) is 6.74. The third-order valence-corrected chi connectivity index (χ3v) is 3.51. The highest BCUT2D eigenvalue weighted by atomic mass is 19.4. The quantitative estimate of drug-likeness (QED) is 0.727. The van der Waals surface area contributed by atoms with Gasteiger partial charge in [0.1, 0.15) is 5.58 Å². The fraction of sp³-hybridized carbons (Fsp3) is 0.118. The second kappa shape index (κ2) is 5.55. The maximum Gasteiger partial charge on any atom is 0.417 e. The van der Waals surface area contributed by atoms with Crippen LogP contribution >= 0.6 is 0 Å². The molecule has 1 aromatic heterocycles. The van der Waals surface area contributed by atoms with Crippen molar-refractivity contribution < 1.29 is 22.7 Å². The van der Waals surface area contributed by atoms with Crippen LogP contribution in [0.25, 0.3) is 22.1 Å². The van der Waals surface area contributed by atoms with Crippen LogP contribution in [0.3, 0.4) is 0 Å². The maximum atomic E-state index is 13.1. The summed E-state index contributed by atoms with van der Waals surface area (Å²) in [5, 5.41) is 9.56.